The van der Waals surface area contributed by atoms with Gasteiger partial charge in [-0.05, 0) is 42.5 Å². The summed E-state index contributed by atoms with van der Waals surface area (Å²) in [6, 6.07) is 5.20. The zero-order valence-electron chi connectivity index (χ0n) is 12.9. The first kappa shape index (κ1) is 16.9. The maximum absolute atomic E-state index is 13.7. The number of methoxy groups -OCH3 is 2. The molecule has 1 aromatic rings. The Balaban J connectivity index is 2.58. The predicted octanol–water partition coefficient (Wildman–Crippen LogP) is 2.89. The standard InChI is InChI=1S/C16H26FNO2/c1-12(2)14(11-18-7-8-19-3)9-13-5-6-16(20-4)15(17)10-13/h5-6,10,12,14,18H,7-9,11H2,1-4H3. The highest BCUT2D eigenvalue weighted by molar-refractivity contribution is 5.29. The third kappa shape index (κ3) is 5.47. The molecule has 3 nitrogen and oxygen atoms in total. The summed E-state index contributed by atoms with van der Waals surface area (Å²) in [6.45, 7) is 6.86. The van der Waals surface area contributed by atoms with Gasteiger partial charge < -0.3 is 14.8 Å². The van der Waals surface area contributed by atoms with Crippen LogP contribution in [0.25, 0.3) is 0 Å². The molecule has 1 aromatic carbocycles. The van der Waals surface area contributed by atoms with Gasteiger partial charge in [0.1, 0.15) is 0 Å². The molecule has 0 aliphatic rings. The fourth-order valence-corrected chi connectivity index (χ4v) is 2.14. The number of nitrogens with one attached hydrogen (secondary N) is 1. The van der Waals surface area contributed by atoms with Gasteiger partial charge in [-0.15, -0.1) is 0 Å². The van der Waals surface area contributed by atoms with E-state index < -0.39 is 0 Å². The number of halogens is 1. The van der Waals surface area contributed by atoms with E-state index in [1.54, 1.807) is 19.2 Å². The zero-order valence-corrected chi connectivity index (χ0v) is 12.9. The molecule has 0 saturated carbocycles. The van der Waals surface area contributed by atoms with Gasteiger partial charge in [-0.25, -0.2) is 4.39 Å². The molecular weight excluding hydrogens is 257 g/mol. The fourth-order valence-electron chi connectivity index (χ4n) is 2.14. The molecular formula is C16H26FNO2. The van der Waals surface area contributed by atoms with Gasteiger partial charge in [0.2, 0.25) is 0 Å². The van der Waals surface area contributed by atoms with E-state index in [2.05, 4.69) is 19.2 Å². The van der Waals surface area contributed by atoms with Crippen molar-refractivity contribution in [3.8, 4) is 5.75 Å². The van der Waals surface area contributed by atoms with Gasteiger partial charge in [-0.1, -0.05) is 19.9 Å². The predicted molar refractivity (Wildman–Crippen MR) is 79.7 cm³/mol. The Morgan fingerprint density at radius 1 is 1.25 bits per heavy atom. The van der Waals surface area contributed by atoms with E-state index >= 15 is 0 Å². The molecule has 0 aliphatic heterocycles. The van der Waals surface area contributed by atoms with Crippen LogP contribution >= 0.6 is 0 Å². The number of benzene rings is 1. The lowest BCUT2D eigenvalue weighted by Gasteiger charge is -2.21. The third-order valence-electron chi connectivity index (χ3n) is 3.55. The Labute approximate surface area is 121 Å². The Morgan fingerprint density at radius 2 is 2.00 bits per heavy atom. The lowest BCUT2D eigenvalue weighted by atomic mass is 9.89. The lowest BCUT2D eigenvalue weighted by molar-refractivity contribution is 0.196. The van der Waals surface area contributed by atoms with Gasteiger partial charge in [-0.3, -0.25) is 0 Å². The number of hydrogen-bond donors (Lipinski definition) is 1. The molecule has 20 heavy (non-hydrogen) atoms. The van der Waals surface area contributed by atoms with E-state index in [0.29, 0.717) is 24.2 Å². The molecule has 4 heteroatoms. The summed E-state index contributed by atoms with van der Waals surface area (Å²) < 4.78 is 23.7. The SMILES string of the molecule is COCCNCC(Cc1ccc(OC)c(F)c1)C(C)C. The average molecular weight is 283 g/mol. The summed E-state index contributed by atoms with van der Waals surface area (Å²) >= 11 is 0. The Bertz CT molecular complexity index is 396. The fraction of sp³-hybridized carbons (Fsp3) is 0.625. The molecule has 0 fully saturated rings. The summed E-state index contributed by atoms with van der Waals surface area (Å²) in [5.74, 6) is 1.02. The van der Waals surface area contributed by atoms with Crippen LogP contribution in [0.5, 0.6) is 5.75 Å². The van der Waals surface area contributed by atoms with Crippen LogP contribution in [-0.2, 0) is 11.2 Å². The van der Waals surface area contributed by atoms with E-state index in [1.165, 1.54) is 7.11 Å². The molecule has 1 rings (SSSR count). The molecule has 0 radical (unpaired) electrons. The van der Waals surface area contributed by atoms with Crippen LogP contribution in [0, 0.1) is 17.7 Å². The Hall–Kier alpha value is -1.13. The molecule has 0 aromatic heterocycles. The van der Waals surface area contributed by atoms with Gasteiger partial charge >= 0.3 is 0 Å². The van der Waals surface area contributed by atoms with Gasteiger partial charge in [0.15, 0.2) is 11.6 Å². The highest BCUT2D eigenvalue weighted by Crippen LogP contribution is 2.22. The first-order valence-electron chi connectivity index (χ1n) is 7.10. The number of hydrogen-bond acceptors (Lipinski definition) is 3. The zero-order chi connectivity index (χ0) is 15.0. The summed E-state index contributed by atoms with van der Waals surface area (Å²) in [5, 5.41) is 3.38. The third-order valence-corrected chi connectivity index (χ3v) is 3.55. The smallest absolute Gasteiger partial charge is 0.165 e. The van der Waals surface area contributed by atoms with Crippen molar-refractivity contribution in [2.24, 2.45) is 11.8 Å². The molecule has 0 spiro atoms. The maximum atomic E-state index is 13.7. The van der Waals surface area contributed by atoms with E-state index in [-0.39, 0.29) is 5.82 Å². The van der Waals surface area contributed by atoms with Gasteiger partial charge in [-0.2, -0.15) is 0 Å². The molecule has 0 saturated heterocycles. The van der Waals surface area contributed by atoms with Crippen molar-refractivity contribution in [2.75, 3.05) is 33.9 Å². The van der Waals surface area contributed by atoms with Crippen LogP contribution in [0.15, 0.2) is 18.2 Å². The summed E-state index contributed by atoms with van der Waals surface area (Å²) in [5.41, 5.74) is 1.01. The molecule has 1 unspecified atom stereocenters. The summed E-state index contributed by atoms with van der Waals surface area (Å²) in [6.07, 6.45) is 0.860. The molecule has 114 valence electrons. The second-order valence-corrected chi connectivity index (χ2v) is 5.37. The second-order valence-electron chi connectivity index (χ2n) is 5.37. The summed E-state index contributed by atoms with van der Waals surface area (Å²) in [4.78, 5) is 0. The van der Waals surface area contributed by atoms with E-state index in [4.69, 9.17) is 9.47 Å². The quantitative estimate of drug-likeness (QED) is 0.707. The minimum absolute atomic E-state index is 0.292. The number of ether oxygens (including phenoxy) is 2. The van der Waals surface area contributed by atoms with Crippen molar-refractivity contribution in [1.82, 2.24) is 5.32 Å². The average Bonchev–Trinajstić information content (AvgIpc) is 2.42. The van der Waals surface area contributed by atoms with Crippen molar-refractivity contribution in [2.45, 2.75) is 20.3 Å². The molecule has 0 heterocycles. The maximum Gasteiger partial charge on any atom is 0.165 e. The monoisotopic (exact) mass is 283 g/mol. The highest BCUT2D eigenvalue weighted by Gasteiger charge is 2.15. The van der Waals surface area contributed by atoms with Crippen LogP contribution < -0.4 is 10.1 Å². The van der Waals surface area contributed by atoms with Crippen molar-refractivity contribution in [3.63, 3.8) is 0 Å². The number of rotatable bonds is 9. The minimum Gasteiger partial charge on any atom is -0.494 e. The van der Waals surface area contributed by atoms with Crippen LogP contribution in [0.4, 0.5) is 4.39 Å². The minimum atomic E-state index is -0.292. The Kier molecular flexibility index (Phi) is 7.55. The van der Waals surface area contributed by atoms with Crippen molar-refractivity contribution in [3.05, 3.63) is 29.6 Å². The molecule has 1 N–H and O–H groups in total. The largest absolute Gasteiger partial charge is 0.494 e. The molecule has 0 bridgehead atoms. The van der Waals surface area contributed by atoms with Gasteiger partial charge in [0.25, 0.3) is 0 Å². The molecule has 0 aliphatic carbocycles. The van der Waals surface area contributed by atoms with E-state index in [1.807, 2.05) is 6.07 Å². The van der Waals surface area contributed by atoms with Gasteiger partial charge in [0, 0.05) is 13.7 Å². The summed E-state index contributed by atoms with van der Waals surface area (Å²) in [7, 11) is 3.18. The lowest BCUT2D eigenvalue weighted by Crippen LogP contribution is -2.30. The second kappa shape index (κ2) is 8.93. The highest BCUT2D eigenvalue weighted by atomic mass is 19.1. The van der Waals surface area contributed by atoms with E-state index in [9.17, 15) is 4.39 Å². The van der Waals surface area contributed by atoms with Crippen molar-refractivity contribution < 1.29 is 13.9 Å². The van der Waals surface area contributed by atoms with Crippen LogP contribution in [0.1, 0.15) is 19.4 Å². The Morgan fingerprint density at radius 3 is 2.55 bits per heavy atom. The van der Waals surface area contributed by atoms with Crippen LogP contribution in [0.3, 0.4) is 0 Å². The van der Waals surface area contributed by atoms with Crippen LogP contribution in [-0.4, -0.2) is 33.9 Å². The van der Waals surface area contributed by atoms with E-state index in [0.717, 1.165) is 25.1 Å². The normalized spacial score (nSPS) is 12.7. The van der Waals surface area contributed by atoms with Crippen molar-refractivity contribution >= 4 is 0 Å². The molecule has 1 atom stereocenters. The van der Waals surface area contributed by atoms with Crippen LogP contribution in [0.2, 0.25) is 0 Å². The first-order chi connectivity index (χ1) is 9.58. The van der Waals surface area contributed by atoms with Gasteiger partial charge in [0.05, 0.1) is 13.7 Å². The first-order valence-corrected chi connectivity index (χ1v) is 7.10. The molecule has 0 amide bonds. The van der Waals surface area contributed by atoms with Crippen molar-refractivity contribution in [1.29, 1.82) is 0 Å². The topological polar surface area (TPSA) is 30.5 Å².